The van der Waals surface area contributed by atoms with Crippen LogP contribution in [0.25, 0.3) is 0 Å². The van der Waals surface area contributed by atoms with Crippen LogP contribution in [0.3, 0.4) is 0 Å². The van der Waals surface area contributed by atoms with Gasteiger partial charge < -0.3 is 5.73 Å². The summed E-state index contributed by atoms with van der Waals surface area (Å²) >= 11 is 0. The van der Waals surface area contributed by atoms with Crippen LogP contribution < -0.4 is 5.73 Å². The molecule has 2 rings (SSSR count). The van der Waals surface area contributed by atoms with Gasteiger partial charge in [0.1, 0.15) is 0 Å². The van der Waals surface area contributed by atoms with E-state index in [0.29, 0.717) is 6.54 Å². The molecule has 0 saturated carbocycles. The number of benzene rings is 1. The van der Waals surface area contributed by atoms with Gasteiger partial charge in [-0.05, 0) is 31.4 Å². The first-order valence-electron chi connectivity index (χ1n) is 7.12. The van der Waals surface area contributed by atoms with Gasteiger partial charge in [0.2, 0.25) is 0 Å². The van der Waals surface area contributed by atoms with E-state index in [1.54, 1.807) is 0 Å². The fourth-order valence-corrected chi connectivity index (χ4v) is 2.93. The number of aryl methyl sites for hydroxylation is 1. The number of rotatable bonds is 3. The van der Waals surface area contributed by atoms with Crippen molar-refractivity contribution >= 4 is 0 Å². The maximum atomic E-state index is 12.7. The number of nitrogens with two attached hydrogens (primary N) is 1. The SMILES string of the molecule is Cc1ccccc1C(C(C)N)N1CC=C(C(F)(F)F)CC1. The highest BCUT2D eigenvalue weighted by Gasteiger charge is 2.36. The summed E-state index contributed by atoms with van der Waals surface area (Å²) in [5.74, 6) is 0. The van der Waals surface area contributed by atoms with E-state index in [-0.39, 0.29) is 25.0 Å². The van der Waals surface area contributed by atoms with E-state index in [0.717, 1.165) is 11.1 Å². The van der Waals surface area contributed by atoms with Crippen LogP contribution in [-0.4, -0.2) is 30.2 Å². The highest BCUT2D eigenvalue weighted by molar-refractivity contribution is 5.30. The lowest BCUT2D eigenvalue weighted by Crippen LogP contribution is -2.42. The van der Waals surface area contributed by atoms with E-state index in [4.69, 9.17) is 5.73 Å². The molecule has 21 heavy (non-hydrogen) atoms. The second-order valence-electron chi connectivity index (χ2n) is 5.63. The average Bonchev–Trinajstić information content (AvgIpc) is 2.40. The van der Waals surface area contributed by atoms with Crippen molar-refractivity contribution in [2.24, 2.45) is 5.73 Å². The fourth-order valence-electron chi connectivity index (χ4n) is 2.93. The third-order valence-corrected chi connectivity index (χ3v) is 4.00. The second-order valence-corrected chi connectivity index (χ2v) is 5.63. The molecule has 0 aromatic heterocycles. The van der Waals surface area contributed by atoms with Crippen LogP contribution in [0.2, 0.25) is 0 Å². The summed E-state index contributed by atoms with van der Waals surface area (Å²) in [6.07, 6.45) is -2.89. The minimum Gasteiger partial charge on any atom is -0.326 e. The lowest BCUT2D eigenvalue weighted by molar-refractivity contribution is -0.0965. The van der Waals surface area contributed by atoms with Crippen LogP contribution in [0.15, 0.2) is 35.9 Å². The van der Waals surface area contributed by atoms with Crippen molar-refractivity contribution in [1.29, 1.82) is 0 Å². The summed E-state index contributed by atoms with van der Waals surface area (Å²) in [5, 5.41) is 0. The maximum absolute atomic E-state index is 12.7. The van der Waals surface area contributed by atoms with Crippen LogP contribution in [0.1, 0.15) is 30.5 Å². The first-order chi connectivity index (χ1) is 9.80. The molecule has 0 fully saturated rings. The van der Waals surface area contributed by atoms with Gasteiger partial charge >= 0.3 is 6.18 Å². The van der Waals surface area contributed by atoms with Gasteiger partial charge in [0.25, 0.3) is 0 Å². The third-order valence-electron chi connectivity index (χ3n) is 4.00. The zero-order chi connectivity index (χ0) is 15.6. The molecule has 2 atom stereocenters. The third kappa shape index (κ3) is 3.66. The molecule has 0 amide bonds. The molecule has 0 bridgehead atoms. The highest BCUT2D eigenvalue weighted by atomic mass is 19.4. The standard InChI is InChI=1S/C16H21F3N2/c1-11-5-3-4-6-14(11)15(12(2)20)21-9-7-13(8-10-21)16(17,18)19/h3-7,12,15H,8-10,20H2,1-2H3. The van der Waals surface area contributed by atoms with Gasteiger partial charge in [0, 0.05) is 24.7 Å². The molecule has 2 unspecified atom stereocenters. The molecule has 1 aliphatic rings. The molecule has 0 radical (unpaired) electrons. The second kappa shape index (κ2) is 6.20. The summed E-state index contributed by atoms with van der Waals surface area (Å²) < 4.78 is 38.1. The van der Waals surface area contributed by atoms with Crippen LogP contribution in [0.5, 0.6) is 0 Å². The molecule has 116 valence electrons. The van der Waals surface area contributed by atoms with Crippen LogP contribution >= 0.6 is 0 Å². The number of alkyl halides is 3. The molecular formula is C16H21F3N2. The average molecular weight is 298 g/mol. The summed E-state index contributed by atoms with van der Waals surface area (Å²) in [5.41, 5.74) is 7.89. The van der Waals surface area contributed by atoms with Crippen molar-refractivity contribution in [2.45, 2.75) is 38.5 Å². The predicted octanol–water partition coefficient (Wildman–Crippen LogP) is 3.58. The van der Waals surface area contributed by atoms with Crippen LogP contribution in [-0.2, 0) is 0 Å². The van der Waals surface area contributed by atoms with E-state index in [2.05, 4.69) is 0 Å². The molecule has 0 aliphatic carbocycles. The van der Waals surface area contributed by atoms with E-state index in [9.17, 15) is 13.2 Å². The number of nitrogens with zero attached hydrogens (tertiary/aromatic N) is 1. The zero-order valence-corrected chi connectivity index (χ0v) is 12.3. The highest BCUT2D eigenvalue weighted by Crippen LogP contribution is 2.34. The monoisotopic (exact) mass is 298 g/mol. The Morgan fingerprint density at radius 1 is 1.24 bits per heavy atom. The van der Waals surface area contributed by atoms with E-state index < -0.39 is 11.7 Å². The van der Waals surface area contributed by atoms with Gasteiger partial charge in [-0.2, -0.15) is 13.2 Å². The van der Waals surface area contributed by atoms with Crippen molar-refractivity contribution in [1.82, 2.24) is 4.90 Å². The molecular weight excluding hydrogens is 277 g/mol. The van der Waals surface area contributed by atoms with Gasteiger partial charge in [0.05, 0.1) is 6.04 Å². The van der Waals surface area contributed by atoms with Crippen molar-refractivity contribution < 1.29 is 13.2 Å². The zero-order valence-electron chi connectivity index (χ0n) is 12.3. The molecule has 1 aromatic carbocycles. The molecule has 5 heteroatoms. The lowest BCUT2D eigenvalue weighted by Gasteiger charge is -2.37. The van der Waals surface area contributed by atoms with E-state index >= 15 is 0 Å². The summed E-state index contributed by atoms with van der Waals surface area (Å²) in [6, 6.07) is 7.70. The van der Waals surface area contributed by atoms with E-state index in [1.807, 2.05) is 43.0 Å². The minimum atomic E-state index is -4.21. The van der Waals surface area contributed by atoms with Crippen LogP contribution in [0, 0.1) is 6.92 Å². The molecule has 1 aromatic rings. The van der Waals surface area contributed by atoms with Gasteiger partial charge in [-0.1, -0.05) is 30.3 Å². The lowest BCUT2D eigenvalue weighted by atomic mass is 9.93. The largest absolute Gasteiger partial charge is 0.412 e. The topological polar surface area (TPSA) is 29.3 Å². The molecule has 0 saturated heterocycles. The Morgan fingerprint density at radius 3 is 2.38 bits per heavy atom. The minimum absolute atomic E-state index is 0.0264. The van der Waals surface area contributed by atoms with Gasteiger partial charge in [-0.15, -0.1) is 0 Å². The summed E-state index contributed by atoms with van der Waals surface area (Å²) in [4.78, 5) is 2.03. The Balaban J connectivity index is 2.23. The molecule has 1 aliphatic heterocycles. The normalized spacial score (nSPS) is 20.0. The maximum Gasteiger partial charge on any atom is 0.412 e. The summed E-state index contributed by atoms with van der Waals surface area (Å²) in [6.45, 7) is 4.58. The van der Waals surface area contributed by atoms with Gasteiger partial charge in [0.15, 0.2) is 0 Å². The molecule has 1 heterocycles. The summed E-state index contributed by atoms with van der Waals surface area (Å²) in [7, 11) is 0. The number of hydrogen-bond donors (Lipinski definition) is 1. The number of hydrogen-bond acceptors (Lipinski definition) is 2. The Labute approximate surface area is 123 Å². The Bertz CT molecular complexity index is 520. The first-order valence-corrected chi connectivity index (χ1v) is 7.12. The van der Waals surface area contributed by atoms with Gasteiger partial charge in [-0.3, -0.25) is 4.90 Å². The van der Waals surface area contributed by atoms with Gasteiger partial charge in [-0.25, -0.2) is 0 Å². The van der Waals surface area contributed by atoms with Crippen molar-refractivity contribution in [3.05, 3.63) is 47.0 Å². The Kier molecular flexibility index (Phi) is 4.74. The first kappa shape index (κ1) is 16.0. The fraction of sp³-hybridized carbons (Fsp3) is 0.500. The van der Waals surface area contributed by atoms with Crippen molar-refractivity contribution in [3.8, 4) is 0 Å². The molecule has 2 nitrogen and oxygen atoms in total. The predicted molar refractivity (Wildman–Crippen MR) is 77.9 cm³/mol. The van der Waals surface area contributed by atoms with Crippen LogP contribution in [0.4, 0.5) is 13.2 Å². The Hall–Kier alpha value is -1.33. The molecule has 0 spiro atoms. The van der Waals surface area contributed by atoms with E-state index in [1.165, 1.54) is 6.08 Å². The molecule has 2 N–H and O–H groups in total. The quantitative estimate of drug-likeness (QED) is 0.864. The Morgan fingerprint density at radius 2 is 1.90 bits per heavy atom. The number of halogens is 3. The van der Waals surface area contributed by atoms with Crippen molar-refractivity contribution in [2.75, 3.05) is 13.1 Å². The smallest absolute Gasteiger partial charge is 0.326 e. The van der Waals surface area contributed by atoms with Crippen molar-refractivity contribution in [3.63, 3.8) is 0 Å².